The fourth-order valence-electron chi connectivity index (χ4n) is 1.56. The first kappa shape index (κ1) is 14.6. The van der Waals surface area contributed by atoms with Crippen molar-refractivity contribution in [3.05, 3.63) is 29.8 Å². The average Bonchev–Trinajstić information content (AvgIpc) is 2.26. The van der Waals surface area contributed by atoms with Crippen molar-refractivity contribution in [2.75, 3.05) is 0 Å². The van der Waals surface area contributed by atoms with E-state index in [0.717, 1.165) is 28.6 Å². The van der Waals surface area contributed by atoms with E-state index in [1.807, 2.05) is 12.1 Å². The molecule has 0 unspecified atom stereocenters. The lowest BCUT2D eigenvalue weighted by Gasteiger charge is -2.13. The summed E-state index contributed by atoms with van der Waals surface area (Å²) < 4.78 is 0. The summed E-state index contributed by atoms with van der Waals surface area (Å²) in [7, 11) is 0. The van der Waals surface area contributed by atoms with Crippen LogP contribution in [0, 0.1) is 5.92 Å². The van der Waals surface area contributed by atoms with E-state index >= 15 is 0 Å². The van der Waals surface area contributed by atoms with Crippen molar-refractivity contribution in [3.63, 3.8) is 0 Å². The predicted octanol–water partition coefficient (Wildman–Crippen LogP) is 2.52. The minimum Gasteiger partial charge on any atom is -0.480 e. The van der Waals surface area contributed by atoms with Gasteiger partial charge in [0, 0.05) is 4.90 Å². The van der Waals surface area contributed by atoms with Crippen LogP contribution in [-0.2, 0) is 16.0 Å². The number of rotatable bonds is 6. The van der Waals surface area contributed by atoms with Crippen molar-refractivity contribution < 1.29 is 19.8 Å². The Balaban J connectivity index is 2.95. The monoisotopic (exact) mass is 268 g/mol. The van der Waals surface area contributed by atoms with Gasteiger partial charge in [0.05, 0.1) is 0 Å². The molecule has 4 nitrogen and oxygen atoms in total. The summed E-state index contributed by atoms with van der Waals surface area (Å²) in [5.41, 5.74) is 0.991. The van der Waals surface area contributed by atoms with Crippen LogP contribution in [0.1, 0.15) is 19.4 Å². The van der Waals surface area contributed by atoms with Crippen LogP contribution in [0.4, 0.5) is 0 Å². The highest BCUT2D eigenvalue weighted by Gasteiger charge is 2.27. The molecule has 18 heavy (non-hydrogen) atoms. The third kappa shape index (κ3) is 4.07. The number of hydrogen-bond donors (Lipinski definition) is 2. The van der Waals surface area contributed by atoms with E-state index in [2.05, 4.69) is 13.8 Å². The topological polar surface area (TPSA) is 74.6 Å². The van der Waals surface area contributed by atoms with Gasteiger partial charge in [-0.2, -0.15) is 0 Å². The maximum Gasteiger partial charge on any atom is 0.328 e. The highest BCUT2D eigenvalue weighted by Crippen LogP contribution is 2.28. The van der Waals surface area contributed by atoms with Gasteiger partial charge < -0.3 is 10.2 Å². The third-order valence-electron chi connectivity index (χ3n) is 2.29. The molecule has 0 atom stereocenters. The summed E-state index contributed by atoms with van der Waals surface area (Å²) in [6.45, 7) is 4.13. The minimum absolute atomic E-state index is 0.430. The first-order valence-corrected chi connectivity index (χ1v) is 6.50. The Morgan fingerprint density at radius 3 is 2.22 bits per heavy atom. The Hall–Kier alpha value is -1.49. The molecule has 0 amide bonds. The van der Waals surface area contributed by atoms with Gasteiger partial charge in [0.1, 0.15) is 0 Å². The lowest BCUT2D eigenvalue weighted by atomic mass is 10.0. The number of benzene rings is 1. The van der Waals surface area contributed by atoms with Gasteiger partial charge in [-0.25, -0.2) is 0 Å². The number of aliphatic carboxylic acids is 2. The molecule has 0 aliphatic rings. The maximum atomic E-state index is 10.9. The summed E-state index contributed by atoms with van der Waals surface area (Å²) in [5.74, 6) is -2.22. The zero-order valence-corrected chi connectivity index (χ0v) is 11.1. The normalized spacial score (nSPS) is 10.9. The van der Waals surface area contributed by atoms with Crippen LogP contribution in [0.3, 0.4) is 0 Å². The van der Waals surface area contributed by atoms with Gasteiger partial charge in [0.2, 0.25) is 5.25 Å². The molecule has 1 aromatic rings. The van der Waals surface area contributed by atoms with Crippen LogP contribution in [0.15, 0.2) is 29.2 Å². The van der Waals surface area contributed by atoms with Crippen molar-refractivity contribution in [3.8, 4) is 0 Å². The van der Waals surface area contributed by atoms with E-state index in [-0.39, 0.29) is 0 Å². The van der Waals surface area contributed by atoms with Gasteiger partial charge in [-0.1, -0.05) is 43.8 Å². The van der Waals surface area contributed by atoms with Gasteiger partial charge >= 0.3 is 11.9 Å². The molecule has 0 aliphatic heterocycles. The lowest BCUT2D eigenvalue weighted by molar-refractivity contribution is -0.146. The van der Waals surface area contributed by atoms with Gasteiger partial charge in [0.25, 0.3) is 0 Å². The van der Waals surface area contributed by atoms with Crippen LogP contribution in [0.2, 0.25) is 0 Å². The fourth-order valence-corrected chi connectivity index (χ4v) is 2.48. The Kier molecular flexibility index (Phi) is 5.22. The Morgan fingerprint density at radius 1 is 1.17 bits per heavy atom. The molecule has 1 rings (SSSR count). The van der Waals surface area contributed by atoms with Crippen LogP contribution in [0.5, 0.6) is 0 Å². The molecule has 1 aromatic carbocycles. The number of carboxylic acids is 2. The quantitative estimate of drug-likeness (QED) is 0.612. The number of hydrogen-bond acceptors (Lipinski definition) is 3. The SMILES string of the molecule is CC(C)Cc1ccccc1SC(C(=O)O)C(=O)O. The van der Waals surface area contributed by atoms with Crippen LogP contribution < -0.4 is 0 Å². The second kappa shape index (κ2) is 6.44. The zero-order valence-electron chi connectivity index (χ0n) is 10.3. The Bertz CT molecular complexity index is 428. The molecule has 0 heterocycles. The molecule has 98 valence electrons. The van der Waals surface area contributed by atoms with E-state index in [0.29, 0.717) is 5.92 Å². The molecular formula is C13H16O4S. The second-order valence-electron chi connectivity index (χ2n) is 4.38. The third-order valence-corrected chi connectivity index (χ3v) is 3.59. The van der Waals surface area contributed by atoms with Crippen molar-refractivity contribution in [2.24, 2.45) is 5.92 Å². The van der Waals surface area contributed by atoms with E-state index in [1.165, 1.54) is 0 Å². The van der Waals surface area contributed by atoms with Gasteiger partial charge in [-0.3, -0.25) is 9.59 Å². The van der Waals surface area contributed by atoms with Gasteiger partial charge in [-0.05, 0) is 24.0 Å². The predicted molar refractivity (Wildman–Crippen MR) is 69.9 cm³/mol. The van der Waals surface area contributed by atoms with E-state index in [4.69, 9.17) is 10.2 Å². The molecule has 0 aliphatic carbocycles. The molecular weight excluding hydrogens is 252 g/mol. The summed E-state index contributed by atoms with van der Waals surface area (Å²) in [4.78, 5) is 22.5. The molecule has 0 saturated heterocycles. The maximum absolute atomic E-state index is 10.9. The van der Waals surface area contributed by atoms with Crippen molar-refractivity contribution in [1.29, 1.82) is 0 Å². The molecule has 0 aromatic heterocycles. The summed E-state index contributed by atoms with van der Waals surface area (Å²) >= 11 is 0.874. The van der Waals surface area contributed by atoms with Crippen molar-refractivity contribution in [2.45, 2.75) is 30.4 Å². The van der Waals surface area contributed by atoms with Gasteiger partial charge in [-0.15, -0.1) is 0 Å². The lowest BCUT2D eigenvalue weighted by Crippen LogP contribution is -2.26. The average molecular weight is 268 g/mol. The summed E-state index contributed by atoms with van der Waals surface area (Å²) in [5, 5.41) is 16.3. The molecule has 0 saturated carbocycles. The Labute approximate surface area is 110 Å². The highest BCUT2D eigenvalue weighted by molar-refractivity contribution is 8.01. The molecule has 0 spiro atoms. The fraction of sp³-hybridized carbons (Fsp3) is 0.385. The van der Waals surface area contributed by atoms with Gasteiger partial charge in [0.15, 0.2) is 0 Å². The van der Waals surface area contributed by atoms with Crippen LogP contribution in [0.25, 0.3) is 0 Å². The molecule has 0 fully saturated rings. The van der Waals surface area contributed by atoms with E-state index in [9.17, 15) is 9.59 Å². The minimum atomic E-state index is -1.46. The smallest absolute Gasteiger partial charge is 0.328 e. The molecule has 5 heteroatoms. The zero-order chi connectivity index (χ0) is 13.7. The van der Waals surface area contributed by atoms with E-state index < -0.39 is 17.2 Å². The first-order valence-electron chi connectivity index (χ1n) is 5.62. The molecule has 0 bridgehead atoms. The van der Waals surface area contributed by atoms with Crippen molar-refractivity contribution in [1.82, 2.24) is 0 Å². The summed E-state index contributed by atoms with van der Waals surface area (Å²) in [6, 6.07) is 7.33. The van der Waals surface area contributed by atoms with Crippen LogP contribution >= 0.6 is 11.8 Å². The molecule has 0 radical (unpaired) electrons. The molecule has 2 N–H and O–H groups in total. The van der Waals surface area contributed by atoms with E-state index in [1.54, 1.807) is 12.1 Å². The Morgan fingerprint density at radius 2 is 1.72 bits per heavy atom. The first-order chi connectivity index (χ1) is 8.41. The number of carbonyl (C=O) groups is 2. The largest absolute Gasteiger partial charge is 0.480 e. The van der Waals surface area contributed by atoms with Crippen LogP contribution in [-0.4, -0.2) is 27.4 Å². The van der Waals surface area contributed by atoms with Crippen molar-refractivity contribution >= 4 is 23.7 Å². The second-order valence-corrected chi connectivity index (χ2v) is 5.53. The highest BCUT2D eigenvalue weighted by atomic mass is 32.2. The number of carboxylic acid groups (broad SMARTS) is 2. The standard InChI is InChI=1S/C13H16O4S/c1-8(2)7-9-5-3-4-6-10(9)18-11(12(14)15)13(16)17/h3-6,8,11H,7H2,1-2H3,(H,14,15)(H,16,17). The summed E-state index contributed by atoms with van der Waals surface area (Å²) in [6.07, 6.45) is 0.801. The number of thioether (sulfide) groups is 1.